The molecule has 0 spiro atoms. The summed E-state index contributed by atoms with van der Waals surface area (Å²) in [5.41, 5.74) is 2.92. The van der Waals surface area contributed by atoms with E-state index in [1.54, 1.807) is 31.4 Å². The van der Waals surface area contributed by atoms with Crippen LogP contribution < -0.4 is 10.2 Å². The lowest BCUT2D eigenvalue weighted by molar-refractivity contribution is 0.0955. The Kier molecular flexibility index (Phi) is 4.25. The Balaban J connectivity index is 1.72. The quantitative estimate of drug-likeness (QED) is 0.570. The number of carbonyl (C=O) groups is 1. The van der Waals surface area contributed by atoms with E-state index in [2.05, 4.69) is 10.5 Å². The highest BCUT2D eigenvalue weighted by atomic mass is 32.1. The first-order valence-electron chi connectivity index (χ1n) is 6.87. The summed E-state index contributed by atoms with van der Waals surface area (Å²) in [5.74, 6) is 0.526. The Morgan fingerprint density at radius 2 is 1.96 bits per heavy atom. The molecule has 1 amide bonds. The van der Waals surface area contributed by atoms with Crippen molar-refractivity contribution in [2.75, 3.05) is 7.11 Å². The molecule has 0 bridgehead atoms. The fourth-order valence-electron chi connectivity index (χ4n) is 2.09. The van der Waals surface area contributed by atoms with E-state index in [9.17, 15) is 9.90 Å². The molecule has 5 nitrogen and oxygen atoms in total. The van der Waals surface area contributed by atoms with Crippen LogP contribution in [0.3, 0.4) is 0 Å². The van der Waals surface area contributed by atoms with Gasteiger partial charge in [0.25, 0.3) is 5.91 Å². The molecule has 3 rings (SSSR count). The van der Waals surface area contributed by atoms with Gasteiger partial charge in [-0.05, 0) is 36.4 Å². The van der Waals surface area contributed by atoms with E-state index < -0.39 is 0 Å². The maximum Gasteiger partial charge on any atom is 0.271 e. The number of hydrazone groups is 1. The first kappa shape index (κ1) is 15.1. The number of aromatic hydroxyl groups is 1. The van der Waals surface area contributed by atoms with Crippen LogP contribution in [0.5, 0.6) is 11.5 Å². The lowest BCUT2D eigenvalue weighted by atomic mass is 10.2. The van der Waals surface area contributed by atoms with Gasteiger partial charge in [0, 0.05) is 15.6 Å². The number of rotatable bonds is 4. The molecule has 1 aromatic heterocycles. The van der Waals surface area contributed by atoms with E-state index >= 15 is 0 Å². The molecule has 0 atom stereocenters. The van der Waals surface area contributed by atoms with Crippen LogP contribution in [0.15, 0.2) is 53.6 Å². The van der Waals surface area contributed by atoms with E-state index in [0.717, 1.165) is 10.1 Å². The van der Waals surface area contributed by atoms with Crippen molar-refractivity contribution in [2.45, 2.75) is 0 Å². The monoisotopic (exact) mass is 326 g/mol. The molecule has 2 aromatic carbocycles. The van der Waals surface area contributed by atoms with Gasteiger partial charge in [-0.2, -0.15) is 5.10 Å². The first-order chi connectivity index (χ1) is 11.2. The third-order valence-corrected chi connectivity index (χ3v) is 4.39. The molecular weight excluding hydrogens is 312 g/mol. The number of nitrogens with one attached hydrogen (secondary N) is 1. The van der Waals surface area contributed by atoms with Crippen LogP contribution in [0, 0.1) is 0 Å². The lowest BCUT2D eigenvalue weighted by Gasteiger charge is -2.01. The molecule has 0 radical (unpaired) electrons. The molecule has 0 fully saturated rings. The fourth-order valence-corrected chi connectivity index (χ4v) is 3.07. The molecule has 0 unspecified atom stereocenters. The number of carbonyl (C=O) groups excluding carboxylic acids is 1. The van der Waals surface area contributed by atoms with Gasteiger partial charge in [0.1, 0.15) is 11.5 Å². The third-order valence-electron chi connectivity index (χ3n) is 3.30. The Labute approximate surface area is 136 Å². The summed E-state index contributed by atoms with van der Waals surface area (Å²) in [6, 6.07) is 14.3. The van der Waals surface area contributed by atoms with Crippen molar-refractivity contribution in [1.82, 2.24) is 5.43 Å². The number of hydrogen-bond donors (Lipinski definition) is 2. The standard InChI is InChI=1S/C17H14N2O3S/c1-22-12-8-6-11(7-9-12)17(21)19-18-10-15-16(20)13-4-2-3-5-14(13)23-15/h2-10,20H,1H3,(H,19,21)/b18-10+. The summed E-state index contributed by atoms with van der Waals surface area (Å²) in [6.45, 7) is 0. The molecule has 6 heteroatoms. The molecule has 0 aliphatic heterocycles. The number of methoxy groups -OCH3 is 1. The normalized spacial score (nSPS) is 11.0. The number of thiophene rings is 1. The third kappa shape index (κ3) is 3.17. The van der Waals surface area contributed by atoms with Crippen LogP contribution in [0.4, 0.5) is 0 Å². The summed E-state index contributed by atoms with van der Waals surface area (Å²) in [7, 11) is 1.57. The van der Waals surface area contributed by atoms with Crippen molar-refractivity contribution < 1.29 is 14.6 Å². The molecule has 0 saturated carbocycles. The topological polar surface area (TPSA) is 70.9 Å². The van der Waals surface area contributed by atoms with Gasteiger partial charge in [0.15, 0.2) is 0 Å². The first-order valence-corrected chi connectivity index (χ1v) is 7.68. The second-order valence-electron chi connectivity index (χ2n) is 4.74. The van der Waals surface area contributed by atoms with Crippen molar-refractivity contribution in [2.24, 2.45) is 5.10 Å². The molecule has 3 aromatic rings. The van der Waals surface area contributed by atoms with E-state index in [1.807, 2.05) is 24.3 Å². The highest BCUT2D eigenvalue weighted by molar-refractivity contribution is 7.21. The zero-order valence-electron chi connectivity index (χ0n) is 12.3. The zero-order chi connectivity index (χ0) is 16.2. The van der Waals surface area contributed by atoms with Crippen LogP contribution in [0.1, 0.15) is 15.2 Å². The number of amides is 1. The average molecular weight is 326 g/mol. The van der Waals surface area contributed by atoms with Gasteiger partial charge in [0.2, 0.25) is 0 Å². The summed E-state index contributed by atoms with van der Waals surface area (Å²) in [4.78, 5) is 12.6. The Morgan fingerprint density at radius 3 is 2.65 bits per heavy atom. The molecule has 0 aliphatic rings. The number of fused-ring (bicyclic) bond motifs is 1. The molecule has 23 heavy (non-hydrogen) atoms. The second-order valence-corrected chi connectivity index (χ2v) is 5.82. The number of ether oxygens (including phenoxy) is 1. The molecule has 0 saturated heterocycles. The van der Waals surface area contributed by atoms with Crippen molar-refractivity contribution in [3.05, 3.63) is 59.0 Å². The minimum absolute atomic E-state index is 0.174. The summed E-state index contributed by atoms with van der Waals surface area (Å²) in [6.07, 6.45) is 1.45. The van der Waals surface area contributed by atoms with Gasteiger partial charge in [-0.3, -0.25) is 4.79 Å². The lowest BCUT2D eigenvalue weighted by Crippen LogP contribution is -2.17. The number of nitrogens with zero attached hydrogens (tertiary/aromatic N) is 1. The number of hydrogen-bond acceptors (Lipinski definition) is 5. The maximum atomic E-state index is 12.0. The Hall–Kier alpha value is -2.86. The van der Waals surface area contributed by atoms with E-state index in [0.29, 0.717) is 16.2 Å². The van der Waals surface area contributed by atoms with Gasteiger partial charge in [-0.1, -0.05) is 12.1 Å². The Bertz CT molecular complexity index is 869. The van der Waals surface area contributed by atoms with Crippen LogP contribution >= 0.6 is 11.3 Å². The minimum atomic E-state index is -0.329. The Morgan fingerprint density at radius 1 is 1.22 bits per heavy atom. The largest absolute Gasteiger partial charge is 0.506 e. The van der Waals surface area contributed by atoms with Gasteiger partial charge >= 0.3 is 0 Å². The molecule has 1 heterocycles. The predicted octanol–water partition coefficient (Wildman–Crippen LogP) is 3.38. The van der Waals surface area contributed by atoms with E-state index in [1.165, 1.54) is 17.6 Å². The van der Waals surface area contributed by atoms with Crippen LogP contribution in [-0.4, -0.2) is 24.3 Å². The van der Waals surface area contributed by atoms with Gasteiger partial charge in [0.05, 0.1) is 18.2 Å². The zero-order valence-corrected chi connectivity index (χ0v) is 13.1. The summed E-state index contributed by atoms with van der Waals surface area (Å²) < 4.78 is 6.01. The second kappa shape index (κ2) is 6.50. The highest BCUT2D eigenvalue weighted by Crippen LogP contribution is 2.35. The molecular formula is C17H14N2O3S. The van der Waals surface area contributed by atoms with Crippen molar-refractivity contribution in [1.29, 1.82) is 0 Å². The van der Waals surface area contributed by atoms with Gasteiger partial charge in [-0.15, -0.1) is 11.3 Å². The fraction of sp³-hybridized carbons (Fsp3) is 0.0588. The molecule has 2 N–H and O–H groups in total. The summed E-state index contributed by atoms with van der Waals surface area (Å²) >= 11 is 1.41. The summed E-state index contributed by atoms with van der Waals surface area (Å²) in [5, 5.41) is 14.8. The molecule has 0 aliphatic carbocycles. The van der Waals surface area contributed by atoms with E-state index in [4.69, 9.17) is 4.74 Å². The van der Waals surface area contributed by atoms with Crippen molar-refractivity contribution >= 4 is 33.5 Å². The van der Waals surface area contributed by atoms with Gasteiger partial charge < -0.3 is 9.84 Å². The number of benzene rings is 2. The van der Waals surface area contributed by atoms with Crippen molar-refractivity contribution in [3.8, 4) is 11.5 Å². The average Bonchev–Trinajstić information content (AvgIpc) is 2.91. The smallest absolute Gasteiger partial charge is 0.271 e. The van der Waals surface area contributed by atoms with Crippen molar-refractivity contribution in [3.63, 3.8) is 0 Å². The highest BCUT2D eigenvalue weighted by Gasteiger charge is 2.09. The van der Waals surface area contributed by atoms with E-state index in [-0.39, 0.29) is 11.7 Å². The van der Waals surface area contributed by atoms with Crippen LogP contribution in [0.2, 0.25) is 0 Å². The minimum Gasteiger partial charge on any atom is -0.506 e. The molecule has 116 valence electrons. The van der Waals surface area contributed by atoms with Crippen LogP contribution in [-0.2, 0) is 0 Å². The van der Waals surface area contributed by atoms with Crippen LogP contribution in [0.25, 0.3) is 10.1 Å². The maximum absolute atomic E-state index is 12.0. The SMILES string of the molecule is COc1ccc(C(=O)N/N=C/c2sc3ccccc3c2O)cc1. The van der Waals surface area contributed by atoms with Gasteiger partial charge in [-0.25, -0.2) is 5.43 Å². The predicted molar refractivity (Wildman–Crippen MR) is 91.5 cm³/mol.